The molecule has 0 aliphatic heterocycles. The zero-order valence-electron chi connectivity index (χ0n) is 10.7. The van der Waals surface area contributed by atoms with Gasteiger partial charge in [0.25, 0.3) is 0 Å². The van der Waals surface area contributed by atoms with Crippen molar-refractivity contribution in [1.82, 2.24) is 4.31 Å². The Morgan fingerprint density at radius 1 is 1.33 bits per heavy atom. The summed E-state index contributed by atoms with van der Waals surface area (Å²) in [7, 11) is 0.386. The van der Waals surface area contributed by atoms with Crippen LogP contribution in [0.25, 0.3) is 0 Å². The minimum absolute atomic E-state index is 0.183. The highest BCUT2D eigenvalue weighted by molar-refractivity contribution is 7.90. The number of aryl methyl sites for hydroxylation is 1. The van der Waals surface area contributed by atoms with Crippen LogP contribution in [0.3, 0.4) is 0 Å². The van der Waals surface area contributed by atoms with E-state index in [0.29, 0.717) is 0 Å². The Balaban J connectivity index is 3.21. The lowest BCUT2D eigenvalue weighted by molar-refractivity contribution is 0.0602. The van der Waals surface area contributed by atoms with Gasteiger partial charge < -0.3 is 4.74 Å². The monoisotopic (exact) mass is 272 g/mol. The summed E-state index contributed by atoms with van der Waals surface area (Å²) in [4.78, 5) is 11.6. The molecule has 0 saturated carbocycles. The SMILES string of the molecule is COC(=O)c1cc(C)ccc1NS(=O)(=O)N(C)C. The van der Waals surface area contributed by atoms with Crippen LogP contribution in [0.4, 0.5) is 5.69 Å². The fourth-order valence-corrected chi connectivity index (χ4v) is 1.89. The largest absolute Gasteiger partial charge is 0.465 e. The molecular formula is C11H16N2O4S. The van der Waals surface area contributed by atoms with Crippen molar-refractivity contribution in [1.29, 1.82) is 0 Å². The van der Waals surface area contributed by atoms with Crippen LogP contribution in [0.2, 0.25) is 0 Å². The highest BCUT2D eigenvalue weighted by atomic mass is 32.2. The third-order valence-corrected chi connectivity index (χ3v) is 3.74. The Hall–Kier alpha value is -1.60. The summed E-state index contributed by atoms with van der Waals surface area (Å²) in [5.41, 5.74) is 1.22. The van der Waals surface area contributed by atoms with Gasteiger partial charge in [0.05, 0.1) is 18.4 Å². The molecular weight excluding hydrogens is 256 g/mol. The lowest BCUT2D eigenvalue weighted by atomic mass is 10.1. The maximum atomic E-state index is 11.7. The number of methoxy groups -OCH3 is 1. The molecule has 0 fully saturated rings. The summed E-state index contributed by atoms with van der Waals surface area (Å²) in [6.45, 7) is 1.80. The number of carbonyl (C=O) groups excluding carboxylic acids is 1. The zero-order chi connectivity index (χ0) is 13.9. The van der Waals surface area contributed by atoms with Gasteiger partial charge in [-0.2, -0.15) is 12.7 Å². The Morgan fingerprint density at radius 2 is 1.94 bits per heavy atom. The molecule has 1 N–H and O–H groups in total. The van der Waals surface area contributed by atoms with E-state index in [1.165, 1.54) is 27.3 Å². The molecule has 6 nitrogen and oxygen atoms in total. The highest BCUT2D eigenvalue weighted by Crippen LogP contribution is 2.20. The van der Waals surface area contributed by atoms with E-state index < -0.39 is 16.2 Å². The highest BCUT2D eigenvalue weighted by Gasteiger charge is 2.18. The molecule has 1 rings (SSSR count). The number of rotatable bonds is 4. The summed E-state index contributed by atoms with van der Waals surface area (Å²) in [6.07, 6.45) is 0. The normalized spacial score (nSPS) is 11.4. The lowest BCUT2D eigenvalue weighted by Crippen LogP contribution is -2.29. The Bertz CT molecular complexity index is 552. The van der Waals surface area contributed by atoms with Crippen molar-refractivity contribution in [2.75, 3.05) is 25.9 Å². The van der Waals surface area contributed by atoms with Crippen molar-refractivity contribution in [2.45, 2.75) is 6.92 Å². The molecule has 0 radical (unpaired) electrons. The van der Waals surface area contributed by atoms with E-state index in [1.807, 2.05) is 0 Å². The van der Waals surface area contributed by atoms with Crippen LogP contribution in [0.5, 0.6) is 0 Å². The first kappa shape index (κ1) is 14.5. The molecule has 0 aromatic heterocycles. The summed E-state index contributed by atoms with van der Waals surface area (Å²) >= 11 is 0. The van der Waals surface area contributed by atoms with E-state index in [-0.39, 0.29) is 11.3 Å². The predicted molar refractivity (Wildman–Crippen MR) is 68.7 cm³/mol. The molecule has 0 spiro atoms. The van der Waals surface area contributed by atoms with E-state index in [0.717, 1.165) is 9.87 Å². The smallest absolute Gasteiger partial charge is 0.340 e. The Morgan fingerprint density at radius 3 is 2.44 bits per heavy atom. The molecule has 0 heterocycles. The van der Waals surface area contributed by atoms with Crippen LogP contribution in [-0.2, 0) is 14.9 Å². The number of nitrogens with zero attached hydrogens (tertiary/aromatic N) is 1. The van der Waals surface area contributed by atoms with Gasteiger partial charge >= 0.3 is 16.2 Å². The van der Waals surface area contributed by atoms with Crippen LogP contribution < -0.4 is 4.72 Å². The molecule has 7 heteroatoms. The van der Waals surface area contributed by atoms with E-state index in [4.69, 9.17) is 0 Å². The van der Waals surface area contributed by atoms with Crippen LogP contribution in [0, 0.1) is 6.92 Å². The van der Waals surface area contributed by atoms with Crippen LogP contribution in [0.15, 0.2) is 18.2 Å². The molecule has 1 aromatic carbocycles. The minimum Gasteiger partial charge on any atom is -0.465 e. The number of nitrogens with one attached hydrogen (secondary N) is 1. The number of hydrogen-bond acceptors (Lipinski definition) is 4. The van der Waals surface area contributed by atoms with Crippen molar-refractivity contribution >= 4 is 21.9 Å². The molecule has 0 bridgehead atoms. The third kappa shape index (κ3) is 3.21. The van der Waals surface area contributed by atoms with Crippen molar-refractivity contribution in [3.8, 4) is 0 Å². The second-order valence-electron chi connectivity index (χ2n) is 3.93. The van der Waals surface area contributed by atoms with Gasteiger partial charge in [0.2, 0.25) is 0 Å². The fourth-order valence-electron chi connectivity index (χ4n) is 1.26. The van der Waals surface area contributed by atoms with Crippen molar-refractivity contribution < 1.29 is 17.9 Å². The first-order valence-corrected chi connectivity index (χ1v) is 6.61. The first-order chi connectivity index (χ1) is 8.27. The molecule has 0 unspecified atom stereocenters. The topological polar surface area (TPSA) is 75.7 Å². The van der Waals surface area contributed by atoms with Gasteiger partial charge in [-0.25, -0.2) is 4.79 Å². The van der Waals surface area contributed by atoms with Gasteiger partial charge in [0, 0.05) is 14.1 Å². The standard InChI is InChI=1S/C11H16N2O4S/c1-8-5-6-10(9(7-8)11(14)17-4)12-18(15,16)13(2)3/h5-7,12H,1-4H3. The Labute approximate surface area is 107 Å². The summed E-state index contributed by atoms with van der Waals surface area (Å²) < 4.78 is 31.4. The zero-order valence-corrected chi connectivity index (χ0v) is 11.5. The maximum Gasteiger partial charge on any atom is 0.340 e. The molecule has 0 amide bonds. The van der Waals surface area contributed by atoms with Gasteiger partial charge in [-0.15, -0.1) is 0 Å². The maximum absolute atomic E-state index is 11.7. The fraction of sp³-hybridized carbons (Fsp3) is 0.364. The molecule has 1 aromatic rings. The third-order valence-electron chi connectivity index (χ3n) is 2.30. The number of carbonyl (C=O) groups is 1. The number of ether oxygens (including phenoxy) is 1. The van der Waals surface area contributed by atoms with Crippen molar-refractivity contribution in [2.24, 2.45) is 0 Å². The lowest BCUT2D eigenvalue weighted by Gasteiger charge is -2.15. The number of hydrogen-bond donors (Lipinski definition) is 1. The molecule has 0 aliphatic rings. The predicted octanol–water partition coefficient (Wildman–Crippen LogP) is 1.000. The molecule has 0 saturated heterocycles. The van der Waals surface area contributed by atoms with Crippen LogP contribution >= 0.6 is 0 Å². The van der Waals surface area contributed by atoms with E-state index >= 15 is 0 Å². The van der Waals surface area contributed by atoms with Crippen molar-refractivity contribution in [3.05, 3.63) is 29.3 Å². The summed E-state index contributed by atoms with van der Waals surface area (Å²) in [5.74, 6) is -0.588. The summed E-state index contributed by atoms with van der Waals surface area (Å²) in [6, 6.07) is 4.81. The number of esters is 1. The molecule has 0 aliphatic carbocycles. The van der Waals surface area contributed by atoms with Gasteiger partial charge in [-0.3, -0.25) is 4.72 Å². The van der Waals surface area contributed by atoms with Gasteiger partial charge in [-0.1, -0.05) is 11.6 Å². The second kappa shape index (κ2) is 5.36. The van der Waals surface area contributed by atoms with Crippen LogP contribution in [0.1, 0.15) is 15.9 Å². The van der Waals surface area contributed by atoms with Gasteiger partial charge in [-0.05, 0) is 19.1 Å². The van der Waals surface area contributed by atoms with E-state index in [2.05, 4.69) is 9.46 Å². The molecule has 0 atom stereocenters. The van der Waals surface area contributed by atoms with Crippen molar-refractivity contribution in [3.63, 3.8) is 0 Å². The first-order valence-electron chi connectivity index (χ1n) is 5.17. The summed E-state index contributed by atoms with van der Waals surface area (Å²) in [5, 5.41) is 0. The second-order valence-corrected chi connectivity index (χ2v) is 5.81. The Kier molecular flexibility index (Phi) is 4.31. The average Bonchev–Trinajstić information content (AvgIpc) is 2.30. The van der Waals surface area contributed by atoms with E-state index in [1.54, 1.807) is 19.1 Å². The minimum atomic E-state index is -3.65. The van der Waals surface area contributed by atoms with Gasteiger partial charge in [0.1, 0.15) is 0 Å². The van der Waals surface area contributed by atoms with Gasteiger partial charge in [0.15, 0.2) is 0 Å². The molecule has 18 heavy (non-hydrogen) atoms. The average molecular weight is 272 g/mol. The van der Waals surface area contributed by atoms with Crippen LogP contribution in [-0.4, -0.2) is 39.9 Å². The van der Waals surface area contributed by atoms with E-state index in [9.17, 15) is 13.2 Å². The number of benzene rings is 1. The number of anilines is 1. The molecule has 100 valence electrons. The quantitative estimate of drug-likeness (QED) is 0.830.